The van der Waals surface area contributed by atoms with Gasteiger partial charge in [-0.3, -0.25) is 9.36 Å². The van der Waals surface area contributed by atoms with E-state index in [9.17, 15) is 9.36 Å². The van der Waals surface area contributed by atoms with Gasteiger partial charge in [0.2, 0.25) is 0 Å². The number of hydrogen-bond donors (Lipinski definition) is 4. The highest BCUT2D eigenvalue weighted by Gasteiger charge is 2.20. The van der Waals surface area contributed by atoms with E-state index in [0.717, 1.165) is 0 Å². The second-order valence-corrected chi connectivity index (χ2v) is 6.67. The van der Waals surface area contributed by atoms with Gasteiger partial charge >= 0.3 is 7.60 Å². The Morgan fingerprint density at radius 1 is 1.43 bits per heavy atom. The molecule has 0 radical (unpaired) electrons. The van der Waals surface area contributed by atoms with Crippen molar-refractivity contribution < 1.29 is 23.9 Å². The zero-order valence-electron chi connectivity index (χ0n) is 11.9. The van der Waals surface area contributed by atoms with Gasteiger partial charge in [0.1, 0.15) is 11.4 Å². The van der Waals surface area contributed by atoms with E-state index in [-0.39, 0.29) is 17.4 Å². The van der Waals surface area contributed by atoms with Crippen molar-refractivity contribution in [2.75, 3.05) is 6.35 Å². The van der Waals surface area contributed by atoms with Crippen molar-refractivity contribution in [3.63, 3.8) is 0 Å². The SMILES string of the molecule is Cn1c(C(=O)N=C(N)N)cc2c(Cl)ccc(OCP(=O)(O)O)c21. The van der Waals surface area contributed by atoms with Gasteiger partial charge in [0.15, 0.2) is 12.3 Å². The summed E-state index contributed by atoms with van der Waals surface area (Å²) >= 11 is 6.10. The summed E-state index contributed by atoms with van der Waals surface area (Å²) in [5.41, 5.74) is 10.9. The van der Waals surface area contributed by atoms with E-state index in [0.29, 0.717) is 15.9 Å². The maximum Gasteiger partial charge on any atom is 0.362 e. The van der Waals surface area contributed by atoms with Gasteiger partial charge in [0.05, 0.1) is 10.5 Å². The van der Waals surface area contributed by atoms with Crippen LogP contribution in [0.25, 0.3) is 10.9 Å². The standard InChI is InChI=1S/C12H14ClN4O5P/c1-17-8(11(18)16-12(14)15)4-6-7(13)2-3-9(10(6)17)22-5-23(19,20)21/h2-4H,5H2,1H3,(H2,19,20,21)(H4,14,15,16,18). The normalized spacial score (nSPS) is 11.5. The number of amides is 1. The number of hydrogen-bond acceptors (Lipinski definition) is 3. The van der Waals surface area contributed by atoms with Gasteiger partial charge in [0, 0.05) is 12.4 Å². The monoisotopic (exact) mass is 360 g/mol. The lowest BCUT2D eigenvalue weighted by Crippen LogP contribution is -2.24. The van der Waals surface area contributed by atoms with Crippen LogP contribution in [-0.2, 0) is 11.6 Å². The van der Waals surface area contributed by atoms with Crippen molar-refractivity contribution in [1.82, 2.24) is 4.57 Å². The number of aryl methyl sites for hydroxylation is 1. The Bertz CT molecular complexity index is 853. The summed E-state index contributed by atoms with van der Waals surface area (Å²) in [6.45, 7) is 0. The molecule has 9 nitrogen and oxygen atoms in total. The van der Waals surface area contributed by atoms with Gasteiger partial charge in [-0.25, -0.2) is 0 Å². The molecule has 0 atom stereocenters. The third-order valence-corrected chi connectivity index (χ3v) is 3.74. The molecule has 1 heterocycles. The number of rotatable bonds is 4. The summed E-state index contributed by atoms with van der Waals surface area (Å²) in [7, 11) is -2.80. The Morgan fingerprint density at radius 3 is 2.65 bits per heavy atom. The fourth-order valence-corrected chi connectivity index (χ4v) is 2.56. The Kier molecular flexibility index (Phi) is 4.67. The number of nitrogens with zero attached hydrogens (tertiary/aromatic N) is 2. The smallest absolute Gasteiger partial charge is 0.362 e. The number of halogens is 1. The molecule has 0 saturated carbocycles. The molecular formula is C12H14ClN4O5P. The van der Waals surface area contributed by atoms with E-state index in [2.05, 4.69) is 4.99 Å². The number of nitrogens with two attached hydrogens (primary N) is 2. The topological polar surface area (TPSA) is 153 Å². The molecule has 11 heteroatoms. The molecule has 0 aliphatic rings. The number of aliphatic imine (C=N–C) groups is 1. The molecule has 0 spiro atoms. The average molecular weight is 361 g/mol. The minimum Gasteiger partial charge on any atom is -0.479 e. The predicted octanol–water partition coefficient (Wildman–Crippen LogP) is 0.759. The van der Waals surface area contributed by atoms with Crippen LogP contribution in [-0.4, -0.2) is 32.6 Å². The molecule has 1 amide bonds. The number of carbonyl (C=O) groups excluding carboxylic acids is 1. The summed E-state index contributed by atoms with van der Waals surface area (Å²) in [6, 6.07) is 4.42. The molecule has 2 aromatic rings. The fourth-order valence-electron chi connectivity index (χ4n) is 2.05. The number of benzene rings is 1. The number of aromatic nitrogens is 1. The molecule has 1 aromatic carbocycles. The fraction of sp³-hybridized carbons (Fsp3) is 0.167. The largest absolute Gasteiger partial charge is 0.479 e. The van der Waals surface area contributed by atoms with Crippen LogP contribution in [0.5, 0.6) is 5.75 Å². The van der Waals surface area contributed by atoms with Gasteiger partial charge < -0.3 is 30.6 Å². The average Bonchev–Trinajstić information content (AvgIpc) is 2.76. The molecule has 0 bridgehead atoms. The number of fused-ring (bicyclic) bond motifs is 1. The Labute approximate surface area is 135 Å². The summed E-state index contributed by atoms with van der Waals surface area (Å²) < 4.78 is 17.6. The molecule has 23 heavy (non-hydrogen) atoms. The van der Waals surface area contributed by atoms with Crippen molar-refractivity contribution in [3.05, 3.63) is 28.9 Å². The molecule has 0 unspecified atom stereocenters. The Morgan fingerprint density at radius 2 is 2.09 bits per heavy atom. The van der Waals surface area contributed by atoms with Crippen LogP contribution in [0.4, 0.5) is 0 Å². The van der Waals surface area contributed by atoms with Crippen LogP contribution in [0.15, 0.2) is 23.2 Å². The Hall–Kier alpha value is -2.06. The minimum absolute atomic E-state index is 0.141. The van der Waals surface area contributed by atoms with E-state index in [4.69, 9.17) is 37.6 Å². The predicted molar refractivity (Wildman–Crippen MR) is 85.6 cm³/mol. The molecule has 6 N–H and O–H groups in total. The molecule has 124 valence electrons. The highest BCUT2D eigenvalue weighted by Crippen LogP contribution is 2.38. The van der Waals surface area contributed by atoms with Gasteiger partial charge in [-0.2, -0.15) is 4.99 Å². The van der Waals surface area contributed by atoms with E-state index >= 15 is 0 Å². The molecule has 0 fully saturated rings. The zero-order chi connectivity index (χ0) is 17.4. The van der Waals surface area contributed by atoms with E-state index in [1.807, 2.05) is 0 Å². The number of carbonyl (C=O) groups is 1. The summed E-state index contributed by atoms with van der Waals surface area (Å²) in [4.78, 5) is 33.3. The van der Waals surface area contributed by atoms with Crippen molar-refractivity contribution >= 4 is 42.0 Å². The van der Waals surface area contributed by atoms with E-state index in [1.54, 1.807) is 7.05 Å². The summed E-state index contributed by atoms with van der Waals surface area (Å²) in [6.07, 6.45) is -0.800. The van der Waals surface area contributed by atoms with Gasteiger partial charge in [0.25, 0.3) is 5.91 Å². The zero-order valence-corrected chi connectivity index (χ0v) is 13.6. The Balaban J connectivity index is 2.58. The molecule has 0 aliphatic carbocycles. The van der Waals surface area contributed by atoms with Crippen molar-refractivity contribution in [2.45, 2.75) is 0 Å². The van der Waals surface area contributed by atoms with E-state index < -0.39 is 19.9 Å². The third kappa shape index (κ3) is 3.83. The molecule has 1 aromatic heterocycles. The molecule has 0 aliphatic heterocycles. The first-order valence-corrected chi connectivity index (χ1v) is 8.37. The molecular weight excluding hydrogens is 347 g/mol. The first-order chi connectivity index (χ1) is 10.6. The minimum atomic E-state index is -4.35. The second kappa shape index (κ2) is 6.21. The van der Waals surface area contributed by atoms with Crippen LogP contribution in [0.2, 0.25) is 5.02 Å². The van der Waals surface area contributed by atoms with Gasteiger partial charge in [-0.1, -0.05) is 11.6 Å². The maximum atomic E-state index is 12.0. The highest BCUT2D eigenvalue weighted by molar-refractivity contribution is 7.51. The number of ether oxygens (including phenoxy) is 1. The van der Waals surface area contributed by atoms with Crippen LogP contribution >= 0.6 is 19.2 Å². The third-order valence-electron chi connectivity index (χ3n) is 2.94. The first-order valence-electron chi connectivity index (χ1n) is 6.19. The highest BCUT2D eigenvalue weighted by atomic mass is 35.5. The summed E-state index contributed by atoms with van der Waals surface area (Å²) in [5, 5.41) is 0.800. The van der Waals surface area contributed by atoms with Gasteiger partial charge in [-0.05, 0) is 18.2 Å². The first kappa shape index (κ1) is 17.3. The van der Waals surface area contributed by atoms with E-state index in [1.165, 1.54) is 22.8 Å². The van der Waals surface area contributed by atoms with Crippen LogP contribution < -0.4 is 16.2 Å². The number of guanidine groups is 1. The van der Waals surface area contributed by atoms with Crippen molar-refractivity contribution in [1.29, 1.82) is 0 Å². The van der Waals surface area contributed by atoms with Gasteiger partial charge in [-0.15, -0.1) is 0 Å². The summed E-state index contributed by atoms with van der Waals surface area (Å²) in [5.74, 6) is -0.899. The quantitative estimate of drug-likeness (QED) is 0.356. The maximum absolute atomic E-state index is 12.0. The van der Waals surface area contributed by atoms with Crippen LogP contribution in [0.1, 0.15) is 10.5 Å². The molecule has 2 rings (SSSR count). The van der Waals surface area contributed by atoms with Crippen LogP contribution in [0, 0.1) is 0 Å². The van der Waals surface area contributed by atoms with Crippen molar-refractivity contribution in [2.24, 2.45) is 23.5 Å². The van der Waals surface area contributed by atoms with Crippen LogP contribution in [0.3, 0.4) is 0 Å². The lowest BCUT2D eigenvalue weighted by atomic mass is 10.2. The van der Waals surface area contributed by atoms with Crippen molar-refractivity contribution in [3.8, 4) is 5.75 Å². The lowest BCUT2D eigenvalue weighted by Gasteiger charge is -2.11. The second-order valence-electron chi connectivity index (χ2n) is 4.68. The lowest BCUT2D eigenvalue weighted by molar-refractivity contribution is 0.0995. The molecule has 0 saturated heterocycles.